The molecule has 1 fully saturated rings. The molecule has 1 amide bonds. The molecular formula is C15H13F3N4O. The van der Waals surface area contributed by atoms with Crippen LogP contribution in [0.1, 0.15) is 24.8 Å². The van der Waals surface area contributed by atoms with Crippen molar-refractivity contribution in [3.63, 3.8) is 0 Å². The second-order valence-corrected chi connectivity index (χ2v) is 5.06. The fourth-order valence-corrected chi connectivity index (χ4v) is 2.38. The first-order valence-corrected chi connectivity index (χ1v) is 7.02. The lowest BCUT2D eigenvalue weighted by atomic mass is 10.2. The van der Waals surface area contributed by atoms with E-state index in [0.29, 0.717) is 24.3 Å². The van der Waals surface area contributed by atoms with Crippen LogP contribution in [-0.2, 0) is 4.79 Å². The van der Waals surface area contributed by atoms with Crippen LogP contribution in [0.25, 0.3) is 0 Å². The van der Waals surface area contributed by atoms with E-state index < -0.39 is 17.9 Å². The SMILES string of the molecule is O=C1CCCN1c1cccc(Nc2ncc(C(F)F)c(F)n2)c1. The zero-order chi connectivity index (χ0) is 16.4. The van der Waals surface area contributed by atoms with E-state index in [0.717, 1.165) is 12.6 Å². The number of hydrogen-bond acceptors (Lipinski definition) is 4. The van der Waals surface area contributed by atoms with Crippen molar-refractivity contribution in [1.82, 2.24) is 9.97 Å². The third-order valence-electron chi connectivity index (χ3n) is 3.49. The van der Waals surface area contributed by atoms with Crippen LogP contribution in [0.3, 0.4) is 0 Å². The number of alkyl halides is 2. The number of carbonyl (C=O) groups excluding carboxylic acids is 1. The molecule has 2 aromatic rings. The maximum Gasteiger partial charge on any atom is 0.269 e. The Labute approximate surface area is 130 Å². The summed E-state index contributed by atoms with van der Waals surface area (Å²) in [6.45, 7) is 0.649. The maximum absolute atomic E-state index is 13.5. The molecule has 2 heterocycles. The number of nitrogens with one attached hydrogen (secondary N) is 1. The molecule has 1 N–H and O–H groups in total. The number of halogens is 3. The summed E-state index contributed by atoms with van der Waals surface area (Å²) in [7, 11) is 0. The fraction of sp³-hybridized carbons (Fsp3) is 0.267. The van der Waals surface area contributed by atoms with Crippen LogP contribution in [0.4, 0.5) is 30.5 Å². The van der Waals surface area contributed by atoms with Gasteiger partial charge in [-0.1, -0.05) is 6.07 Å². The molecule has 0 unspecified atom stereocenters. The van der Waals surface area contributed by atoms with Crippen molar-refractivity contribution in [2.75, 3.05) is 16.8 Å². The summed E-state index contributed by atoms with van der Waals surface area (Å²) < 4.78 is 38.4. The standard InChI is InChI=1S/C15H13F3N4O/c16-13(17)11-8-19-15(21-14(11)18)20-9-3-1-4-10(7-9)22-6-2-5-12(22)23/h1,3-4,7-8,13H,2,5-6H2,(H,19,20,21). The number of rotatable bonds is 4. The number of amides is 1. The Bertz CT molecular complexity index is 738. The summed E-state index contributed by atoms with van der Waals surface area (Å²) in [6.07, 6.45) is -0.891. The highest BCUT2D eigenvalue weighted by molar-refractivity contribution is 5.95. The van der Waals surface area contributed by atoms with E-state index in [1.165, 1.54) is 0 Å². The van der Waals surface area contributed by atoms with Gasteiger partial charge in [0.1, 0.15) is 0 Å². The number of anilines is 3. The monoisotopic (exact) mass is 322 g/mol. The first-order chi connectivity index (χ1) is 11.0. The highest BCUT2D eigenvalue weighted by Gasteiger charge is 2.22. The van der Waals surface area contributed by atoms with Gasteiger partial charge < -0.3 is 10.2 Å². The van der Waals surface area contributed by atoms with Gasteiger partial charge in [0, 0.05) is 30.5 Å². The van der Waals surface area contributed by atoms with Crippen LogP contribution in [-0.4, -0.2) is 22.4 Å². The molecule has 120 valence electrons. The fourth-order valence-electron chi connectivity index (χ4n) is 2.38. The molecule has 23 heavy (non-hydrogen) atoms. The molecule has 1 saturated heterocycles. The van der Waals surface area contributed by atoms with Crippen molar-refractivity contribution in [2.24, 2.45) is 0 Å². The molecule has 1 aliphatic heterocycles. The third-order valence-corrected chi connectivity index (χ3v) is 3.49. The molecule has 1 aromatic heterocycles. The van der Waals surface area contributed by atoms with Crippen LogP contribution < -0.4 is 10.2 Å². The maximum atomic E-state index is 13.5. The van der Waals surface area contributed by atoms with Gasteiger partial charge in [0.05, 0.1) is 5.56 Å². The molecule has 5 nitrogen and oxygen atoms in total. The Morgan fingerprint density at radius 3 is 2.78 bits per heavy atom. The van der Waals surface area contributed by atoms with Gasteiger partial charge in [-0.3, -0.25) is 4.79 Å². The van der Waals surface area contributed by atoms with Crippen molar-refractivity contribution in [3.8, 4) is 0 Å². The van der Waals surface area contributed by atoms with Gasteiger partial charge >= 0.3 is 0 Å². The lowest BCUT2D eigenvalue weighted by molar-refractivity contribution is -0.117. The Kier molecular flexibility index (Phi) is 4.14. The zero-order valence-electron chi connectivity index (χ0n) is 12.0. The Hall–Kier alpha value is -2.64. The summed E-state index contributed by atoms with van der Waals surface area (Å²) in [5.41, 5.74) is 0.403. The second-order valence-electron chi connectivity index (χ2n) is 5.06. The minimum atomic E-state index is -2.96. The summed E-state index contributed by atoms with van der Waals surface area (Å²) >= 11 is 0. The molecule has 0 bridgehead atoms. The number of hydrogen-bond donors (Lipinski definition) is 1. The molecule has 0 radical (unpaired) electrons. The quantitative estimate of drug-likeness (QED) is 0.876. The van der Waals surface area contributed by atoms with E-state index in [-0.39, 0.29) is 11.9 Å². The lowest BCUT2D eigenvalue weighted by Crippen LogP contribution is -2.23. The van der Waals surface area contributed by atoms with Crippen molar-refractivity contribution in [1.29, 1.82) is 0 Å². The number of nitrogens with zero attached hydrogens (tertiary/aromatic N) is 3. The Balaban J connectivity index is 1.80. The minimum Gasteiger partial charge on any atom is -0.324 e. The van der Waals surface area contributed by atoms with E-state index in [2.05, 4.69) is 15.3 Å². The molecule has 0 atom stereocenters. The van der Waals surface area contributed by atoms with Crippen LogP contribution >= 0.6 is 0 Å². The van der Waals surface area contributed by atoms with E-state index in [1.807, 2.05) is 0 Å². The molecule has 3 rings (SSSR count). The predicted molar refractivity (Wildman–Crippen MR) is 78.3 cm³/mol. The molecular weight excluding hydrogens is 309 g/mol. The second kappa shape index (κ2) is 6.23. The number of benzene rings is 1. The Morgan fingerprint density at radius 1 is 1.30 bits per heavy atom. The van der Waals surface area contributed by atoms with Gasteiger partial charge in [-0.2, -0.15) is 9.37 Å². The summed E-state index contributed by atoms with van der Waals surface area (Å²) in [5, 5.41) is 2.74. The van der Waals surface area contributed by atoms with Gasteiger partial charge in [-0.25, -0.2) is 13.8 Å². The first kappa shape index (κ1) is 15.3. The average Bonchev–Trinajstić information content (AvgIpc) is 2.93. The van der Waals surface area contributed by atoms with E-state index in [9.17, 15) is 18.0 Å². The van der Waals surface area contributed by atoms with Crippen LogP contribution in [0.2, 0.25) is 0 Å². The van der Waals surface area contributed by atoms with E-state index in [4.69, 9.17) is 0 Å². The van der Waals surface area contributed by atoms with Gasteiger partial charge in [-0.15, -0.1) is 0 Å². The number of aromatic nitrogens is 2. The normalized spacial score (nSPS) is 14.6. The smallest absolute Gasteiger partial charge is 0.269 e. The van der Waals surface area contributed by atoms with Crippen molar-refractivity contribution in [2.45, 2.75) is 19.3 Å². The molecule has 0 spiro atoms. The van der Waals surface area contributed by atoms with Crippen molar-refractivity contribution in [3.05, 3.63) is 42.0 Å². The molecule has 1 aliphatic rings. The zero-order valence-corrected chi connectivity index (χ0v) is 12.0. The highest BCUT2D eigenvalue weighted by Crippen LogP contribution is 2.26. The van der Waals surface area contributed by atoms with Gasteiger partial charge in [0.15, 0.2) is 0 Å². The average molecular weight is 322 g/mol. The summed E-state index contributed by atoms with van der Waals surface area (Å²) in [5.74, 6) is -1.34. The van der Waals surface area contributed by atoms with Gasteiger partial charge in [0.2, 0.25) is 17.8 Å². The third kappa shape index (κ3) is 3.25. The topological polar surface area (TPSA) is 58.1 Å². The first-order valence-electron chi connectivity index (χ1n) is 7.02. The lowest BCUT2D eigenvalue weighted by Gasteiger charge is -2.16. The van der Waals surface area contributed by atoms with Gasteiger partial charge in [-0.05, 0) is 24.6 Å². The van der Waals surface area contributed by atoms with Crippen molar-refractivity contribution >= 4 is 23.2 Å². The highest BCUT2D eigenvalue weighted by atomic mass is 19.3. The van der Waals surface area contributed by atoms with E-state index in [1.54, 1.807) is 29.2 Å². The van der Waals surface area contributed by atoms with Crippen LogP contribution in [0, 0.1) is 5.95 Å². The van der Waals surface area contributed by atoms with Crippen LogP contribution in [0.5, 0.6) is 0 Å². The van der Waals surface area contributed by atoms with Crippen LogP contribution in [0.15, 0.2) is 30.5 Å². The molecule has 8 heteroatoms. The largest absolute Gasteiger partial charge is 0.324 e. The number of carbonyl (C=O) groups is 1. The molecule has 0 aliphatic carbocycles. The predicted octanol–water partition coefficient (Wildman–Crippen LogP) is 3.42. The minimum absolute atomic E-state index is 0.0470. The molecule has 0 saturated carbocycles. The van der Waals surface area contributed by atoms with Crippen molar-refractivity contribution < 1.29 is 18.0 Å². The Morgan fingerprint density at radius 2 is 2.13 bits per heavy atom. The van der Waals surface area contributed by atoms with E-state index >= 15 is 0 Å². The van der Waals surface area contributed by atoms with Gasteiger partial charge in [0.25, 0.3) is 6.43 Å². The summed E-state index contributed by atoms with van der Waals surface area (Å²) in [6, 6.07) is 6.90. The molecule has 1 aromatic carbocycles. The summed E-state index contributed by atoms with van der Waals surface area (Å²) in [4.78, 5) is 20.5.